The van der Waals surface area contributed by atoms with Gasteiger partial charge in [0, 0.05) is 18.9 Å². The van der Waals surface area contributed by atoms with E-state index in [9.17, 15) is 14.0 Å². The summed E-state index contributed by atoms with van der Waals surface area (Å²) in [6.45, 7) is 2.03. The minimum absolute atomic E-state index is 0.00564. The molecule has 0 saturated carbocycles. The predicted molar refractivity (Wildman–Crippen MR) is 118 cm³/mol. The number of thioether (sulfide) groups is 1. The van der Waals surface area contributed by atoms with E-state index in [2.05, 4.69) is 15.7 Å². The number of carbonyl (C=O) groups is 2. The number of halogens is 1. The van der Waals surface area contributed by atoms with Gasteiger partial charge in [-0.15, -0.1) is 23.1 Å². The van der Waals surface area contributed by atoms with Crippen LogP contribution in [0, 0.1) is 5.82 Å². The maximum Gasteiger partial charge on any atom is 0.253 e. The fourth-order valence-corrected chi connectivity index (χ4v) is 5.26. The van der Waals surface area contributed by atoms with Crippen molar-refractivity contribution >= 4 is 40.6 Å². The SMILES string of the molecule is CCC1CC(=O)NC(SCC(=O)N2N=C(c3cccs3)CC2c2ccc(F)cc2)N1. The molecule has 1 saturated heterocycles. The van der Waals surface area contributed by atoms with Crippen molar-refractivity contribution in [3.8, 4) is 0 Å². The molecule has 2 N–H and O–H groups in total. The summed E-state index contributed by atoms with van der Waals surface area (Å²) in [4.78, 5) is 26.0. The summed E-state index contributed by atoms with van der Waals surface area (Å²) in [6, 6.07) is 10.0. The molecular weight excluding hydrogens is 423 g/mol. The van der Waals surface area contributed by atoms with Gasteiger partial charge in [0.25, 0.3) is 5.91 Å². The number of carbonyl (C=O) groups excluding carboxylic acids is 2. The molecule has 4 rings (SSSR count). The number of hydrogen-bond acceptors (Lipinski definition) is 6. The van der Waals surface area contributed by atoms with E-state index in [1.807, 2.05) is 24.4 Å². The minimum atomic E-state index is -0.311. The highest BCUT2D eigenvalue weighted by Crippen LogP contribution is 2.34. The van der Waals surface area contributed by atoms with Crippen LogP contribution in [-0.4, -0.2) is 39.8 Å². The van der Waals surface area contributed by atoms with Crippen LogP contribution in [0.3, 0.4) is 0 Å². The average Bonchev–Trinajstić information content (AvgIpc) is 3.42. The van der Waals surface area contributed by atoms with Crippen LogP contribution in [0.4, 0.5) is 4.39 Å². The molecule has 0 bridgehead atoms. The molecule has 9 heteroatoms. The Balaban J connectivity index is 1.48. The van der Waals surface area contributed by atoms with Gasteiger partial charge < -0.3 is 5.32 Å². The Morgan fingerprint density at radius 3 is 2.80 bits per heavy atom. The van der Waals surface area contributed by atoms with Crippen molar-refractivity contribution in [1.82, 2.24) is 15.6 Å². The van der Waals surface area contributed by atoms with E-state index < -0.39 is 0 Å². The van der Waals surface area contributed by atoms with Crippen molar-refractivity contribution < 1.29 is 14.0 Å². The van der Waals surface area contributed by atoms with Crippen LogP contribution < -0.4 is 10.6 Å². The van der Waals surface area contributed by atoms with Crippen LogP contribution in [0.5, 0.6) is 0 Å². The number of hydrazone groups is 1. The summed E-state index contributed by atoms with van der Waals surface area (Å²) in [5, 5.41) is 14.3. The second kappa shape index (κ2) is 9.28. The smallest absolute Gasteiger partial charge is 0.253 e. The van der Waals surface area contributed by atoms with Gasteiger partial charge >= 0.3 is 0 Å². The van der Waals surface area contributed by atoms with Crippen LogP contribution in [0.2, 0.25) is 0 Å². The Morgan fingerprint density at radius 2 is 2.10 bits per heavy atom. The molecule has 2 aromatic rings. The third-order valence-electron chi connectivity index (χ3n) is 5.20. The summed E-state index contributed by atoms with van der Waals surface area (Å²) < 4.78 is 13.4. The van der Waals surface area contributed by atoms with Crippen molar-refractivity contribution in [2.45, 2.75) is 43.8 Å². The zero-order valence-corrected chi connectivity index (χ0v) is 18.1. The molecule has 0 aliphatic carbocycles. The van der Waals surface area contributed by atoms with Crippen LogP contribution >= 0.6 is 23.1 Å². The summed E-state index contributed by atoms with van der Waals surface area (Å²) in [7, 11) is 0. The molecule has 0 spiro atoms. The zero-order valence-electron chi connectivity index (χ0n) is 16.5. The van der Waals surface area contributed by atoms with E-state index >= 15 is 0 Å². The number of thiophene rings is 1. The second-order valence-electron chi connectivity index (χ2n) is 7.27. The summed E-state index contributed by atoms with van der Waals surface area (Å²) in [5.74, 6) is -0.286. The first-order chi connectivity index (χ1) is 14.5. The van der Waals surface area contributed by atoms with Gasteiger partial charge in [0.1, 0.15) is 11.3 Å². The molecule has 1 aromatic heterocycles. The lowest BCUT2D eigenvalue weighted by atomic mass is 10.0. The van der Waals surface area contributed by atoms with Gasteiger partial charge in [0.05, 0.1) is 22.4 Å². The fourth-order valence-electron chi connectivity index (χ4n) is 3.59. The van der Waals surface area contributed by atoms with Crippen LogP contribution in [0.25, 0.3) is 0 Å². The van der Waals surface area contributed by atoms with Crippen LogP contribution in [-0.2, 0) is 9.59 Å². The van der Waals surface area contributed by atoms with Crippen molar-refractivity contribution in [1.29, 1.82) is 0 Å². The summed E-state index contributed by atoms with van der Waals surface area (Å²) >= 11 is 2.93. The number of benzene rings is 1. The number of nitrogens with zero attached hydrogens (tertiary/aromatic N) is 2. The highest BCUT2D eigenvalue weighted by atomic mass is 32.2. The molecule has 30 heavy (non-hydrogen) atoms. The van der Waals surface area contributed by atoms with Crippen molar-refractivity contribution in [3.05, 3.63) is 58.0 Å². The topological polar surface area (TPSA) is 73.8 Å². The van der Waals surface area contributed by atoms with E-state index in [4.69, 9.17) is 0 Å². The first-order valence-corrected chi connectivity index (χ1v) is 11.8. The molecule has 6 nitrogen and oxygen atoms in total. The van der Waals surface area contributed by atoms with Crippen molar-refractivity contribution in [2.24, 2.45) is 5.10 Å². The number of hydrogen-bond donors (Lipinski definition) is 2. The normalized spacial score (nSPS) is 23.9. The third-order valence-corrected chi connectivity index (χ3v) is 7.12. The van der Waals surface area contributed by atoms with Crippen LogP contribution in [0.1, 0.15) is 42.7 Å². The summed E-state index contributed by atoms with van der Waals surface area (Å²) in [6.07, 6.45) is 1.89. The van der Waals surface area contributed by atoms with Crippen molar-refractivity contribution in [2.75, 3.05) is 5.75 Å². The molecule has 3 heterocycles. The Bertz CT molecular complexity index is 933. The van der Waals surface area contributed by atoms with E-state index in [1.54, 1.807) is 23.5 Å². The van der Waals surface area contributed by atoms with Crippen molar-refractivity contribution in [3.63, 3.8) is 0 Å². The molecule has 3 unspecified atom stereocenters. The third kappa shape index (κ3) is 4.74. The molecule has 0 radical (unpaired) electrons. The maximum atomic E-state index is 13.4. The number of nitrogens with one attached hydrogen (secondary N) is 2. The Kier molecular flexibility index (Phi) is 6.50. The van der Waals surface area contributed by atoms with Crippen LogP contribution in [0.15, 0.2) is 46.9 Å². The van der Waals surface area contributed by atoms with E-state index in [1.165, 1.54) is 28.9 Å². The maximum absolute atomic E-state index is 13.4. The van der Waals surface area contributed by atoms with Gasteiger partial charge in [-0.05, 0) is 35.6 Å². The lowest BCUT2D eigenvalue weighted by molar-refractivity contribution is -0.130. The highest BCUT2D eigenvalue weighted by molar-refractivity contribution is 8.00. The minimum Gasteiger partial charge on any atom is -0.332 e. The molecule has 2 amide bonds. The quantitative estimate of drug-likeness (QED) is 0.713. The first kappa shape index (κ1) is 21.0. The van der Waals surface area contributed by atoms with E-state index in [-0.39, 0.29) is 41.0 Å². The largest absolute Gasteiger partial charge is 0.332 e. The fraction of sp³-hybridized carbons (Fsp3) is 0.381. The zero-order chi connectivity index (χ0) is 21.1. The van der Waals surface area contributed by atoms with E-state index in [0.29, 0.717) is 12.8 Å². The van der Waals surface area contributed by atoms with Gasteiger partial charge in [-0.25, -0.2) is 9.40 Å². The Labute approximate surface area is 182 Å². The molecule has 2 aliphatic heterocycles. The van der Waals surface area contributed by atoms with Gasteiger partial charge in [0.2, 0.25) is 5.91 Å². The van der Waals surface area contributed by atoms with E-state index in [0.717, 1.165) is 22.6 Å². The lowest BCUT2D eigenvalue weighted by Crippen LogP contribution is -2.54. The molecular formula is C21H23FN4O2S2. The predicted octanol–water partition coefficient (Wildman–Crippen LogP) is 3.47. The highest BCUT2D eigenvalue weighted by Gasteiger charge is 2.34. The molecule has 2 aliphatic rings. The van der Waals surface area contributed by atoms with Gasteiger partial charge in [-0.1, -0.05) is 25.1 Å². The van der Waals surface area contributed by atoms with Gasteiger partial charge in [-0.2, -0.15) is 5.10 Å². The second-order valence-corrected chi connectivity index (χ2v) is 9.31. The average molecular weight is 447 g/mol. The van der Waals surface area contributed by atoms with Gasteiger partial charge in [-0.3, -0.25) is 14.9 Å². The first-order valence-electron chi connectivity index (χ1n) is 9.89. The Morgan fingerprint density at radius 1 is 1.30 bits per heavy atom. The molecule has 158 valence electrons. The molecule has 3 atom stereocenters. The standard InChI is InChI=1S/C21H23FN4O2S2/c1-2-15-10-19(27)24-21(23-15)30-12-20(28)26-17(13-5-7-14(22)8-6-13)11-16(25-26)18-4-3-9-29-18/h3-9,15,17,21,23H,2,10-12H2,1H3,(H,24,27). The van der Waals surface area contributed by atoms with Gasteiger partial charge in [0.15, 0.2) is 0 Å². The number of amides is 2. The molecule has 1 fully saturated rings. The molecule has 1 aromatic carbocycles. The lowest BCUT2D eigenvalue weighted by Gasteiger charge is -2.31. The monoisotopic (exact) mass is 446 g/mol. The summed E-state index contributed by atoms with van der Waals surface area (Å²) in [5.41, 5.74) is 1.40. The number of rotatable bonds is 6. The Hall–Kier alpha value is -2.23.